The quantitative estimate of drug-likeness (QED) is 0.342. The fourth-order valence-electron chi connectivity index (χ4n) is 1.74. The molecule has 0 aliphatic heterocycles. The summed E-state index contributed by atoms with van der Waals surface area (Å²) in [5.74, 6) is 0.675. The van der Waals surface area contributed by atoms with E-state index >= 15 is 0 Å². The number of ether oxygens (including phenoxy) is 1. The van der Waals surface area contributed by atoms with Crippen molar-refractivity contribution in [3.05, 3.63) is 18.2 Å². The Balaban J connectivity index is 2.78. The van der Waals surface area contributed by atoms with Gasteiger partial charge in [-0.2, -0.15) is 0 Å². The summed E-state index contributed by atoms with van der Waals surface area (Å²) < 4.78 is 32.1. The van der Waals surface area contributed by atoms with E-state index in [2.05, 4.69) is 5.16 Å². The molecule has 0 amide bonds. The minimum Gasteiger partial charge on any atom is -0.411 e. The highest BCUT2D eigenvalue weighted by molar-refractivity contribution is 7.91. The van der Waals surface area contributed by atoms with Gasteiger partial charge in [0.05, 0.1) is 17.9 Å². The third-order valence-electron chi connectivity index (χ3n) is 3.34. The molecule has 7 nitrogen and oxygen atoms in total. The summed E-state index contributed by atoms with van der Waals surface area (Å²) in [7, 11) is -3.13. The first-order chi connectivity index (χ1) is 9.31. The number of aromatic nitrogens is 2. The zero-order valence-electron chi connectivity index (χ0n) is 12.2. The van der Waals surface area contributed by atoms with Gasteiger partial charge in [0.2, 0.25) is 0 Å². The maximum Gasteiger partial charge on any atom is 0.305 e. The number of hydrogen-bond acceptors (Lipinski definition) is 5. The lowest BCUT2D eigenvalue weighted by Gasteiger charge is -2.17. The fraction of sp³-hybridized carbons (Fsp3) is 0.667. The monoisotopic (exact) mass is 304 g/mol. The first-order valence-electron chi connectivity index (χ1n) is 6.37. The molecule has 2 atom stereocenters. The molecule has 0 aliphatic rings. The molecule has 20 heavy (non-hydrogen) atoms. The highest BCUT2D eigenvalue weighted by atomic mass is 32.2. The number of imidazole rings is 1. The molecule has 8 heteroatoms. The van der Waals surface area contributed by atoms with E-state index in [-0.39, 0.29) is 6.73 Å². The van der Waals surface area contributed by atoms with Crippen LogP contribution < -0.4 is 4.57 Å². The predicted octanol–water partition coefficient (Wildman–Crippen LogP) is 0.399. The highest BCUT2D eigenvalue weighted by Crippen LogP contribution is 2.07. The summed E-state index contributed by atoms with van der Waals surface area (Å²) in [4.78, 5) is 0. The van der Waals surface area contributed by atoms with Gasteiger partial charge in [-0.1, -0.05) is 5.16 Å². The van der Waals surface area contributed by atoms with Crippen molar-refractivity contribution in [2.75, 3.05) is 6.26 Å². The van der Waals surface area contributed by atoms with Crippen LogP contribution in [0.3, 0.4) is 0 Å². The molecule has 1 N–H and O–H groups in total. The van der Waals surface area contributed by atoms with Crippen LogP contribution in [0.25, 0.3) is 0 Å². The van der Waals surface area contributed by atoms with Crippen molar-refractivity contribution in [2.24, 2.45) is 5.16 Å². The molecule has 0 saturated carbocycles. The second-order valence-electron chi connectivity index (χ2n) is 4.69. The van der Waals surface area contributed by atoms with Gasteiger partial charge >= 0.3 is 5.82 Å². The molecule has 1 aromatic rings. The van der Waals surface area contributed by atoms with Gasteiger partial charge in [-0.25, -0.2) is 17.6 Å². The van der Waals surface area contributed by atoms with E-state index in [1.54, 1.807) is 24.6 Å². The molecule has 0 fully saturated rings. The zero-order valence-corrected chi connectivity index (χ0v) is 13.0. The summed E-state index contributed by atoms with van der Waals surface area (Å²) in [6, 6.07) is 0. The normalized spacial score (nSPS) is 15.6. The van der Waals surface area contributed by atoms with Crippen LogP contribution in [-0.4, -0.2) is 42.0 Å². The largest absolute Gasteiger partial charge is 0.411 e. The van der Waals surface area contributed by atoms with Crippen molar-refractivity contribution >= 4 is 16.1 Å². The lowest BCUT2D eigenvalue weighted by atomic mass is 10.3. The van der Waals surface area contributed by atoms with E-state index in [0.29, 0.717) is 5.82 Å². The van der Waals surface area contributed by atoms with Crippen molar-refractivity contribution in [3.63, 3.8) is 0 Å². The molecule has 0 aliphatic carbocycles. The van der Waals surface area contributed by atoms with Crippen LogP contribution in [0.1, 0.15) is 26.6 Å². The van der Waals surface area contributed by atoms with E-state index in [1.165, 1.54) is 12.5 Å². The van der Waals surface area contributed by atoms with Gasteiger partial charge in [-0.05, 0) is 20.8 Å². The molecule has 1 aromatic heterocycles. The number of rotatable bonds is 7. The topological polar surface area (TPSA) is 84.8 Å². The molecule has 114 valence electrons. The lowest BCUT2D eigenvalue weighted by Crippen LogP contribution is -2.42. The van der Waals surface area contributed by atoms with Gasteiger partial charge in [-0.3, -0.25) is 0 Å². The number of hydrogen-bond donors (Lipinski definition) is 1. The second kappa shape index (κ2) is 6.85. The SMILES string of the molecule is CCn1cc[n+](COC(C)C(C)S(C)(=O)=O)c1/C=N/O. The molecule has 2 unspecified atom stereocenters. The molecular formula is C12H22N3O4S+. The van der Waals surface area contributed by atoms with Crippen LogP contribution in [0, 0.1) is 0 Å². The molecule has 1 heterocycles. The van der Waals surface area contributed by atoms with Gasteiger partial charge in [0.25, 0.3) is 0 Å². The summed E-state index contributed by atoms with van der Waals surface area (Å²) in [5, 5.41) is 11.1. The van der Waals surface area contributed by atoms with E-state index in [4.69, 9.17) is 9.94 Å². The van der Waals surface area contributed by atoms with Crippen molar-refractivity contribution in [1.29, 1.82) is 0 Å². The van der Waals surface area contributed by atoms with Crippen molar-refractivity contribution in [2.45, 2.75) is 45.4 Å². The Kier molecular flexibility index (Phi) is 5.70. The standard InChI is InChI=1S/C12H21N3O4S/c1-5-14-6-7-15(12(14)8-13-16)9-19-10(2)11(3)20(4,17)18/h6-8,10-11H,5,9H2,1-4H3/p+1. The second-order valence-corrected chi connectivity index (χ2v) is 7.09. The number of sulfone groups is 1. The molecule has 0 bridgehead atoms. The van der Waals surface area contributed by atoms with Gasteiger partial charge in [0, 0.05) is 6.26 Å². The van der Waals surface area contributed by atoms with Crippen molar-refractivity contribution < 1.29 is 22.9 Å². The average molecular weight is 304 g/mol. The van der Waals surface area contributed by atoms with Crippen LogP contribution in [0.15, 0.2) is 17.5 Å². The molecule has 1 rings (SSSR count). The first-order valence-corrected chi connectivity index (χ1v) is 8.33. The predicted molar refractivity (Wildman–Crippen MR) is 74.5 cm³/mol. The van der Waals surface area contributed by atoms with E-state index in [0.717, 1.165) is 6.54 Å². The summed E-state index contributed by atoms with van der Waals surface area (Å²) in [6.45, 7) is 6.23. The maximum absolute atomic E-state index is 11.5. The van der Waals surface area contributed by atoms with Gasteiger partial charge in [-0.15, -0.1) is 0 Å². The van der Waals surface area contributed by atoms with Gasteiger partial charge in [0.1, 0.15) is 12.4 Å². The lowest BCUT2D eigenvalue weighted by molar-refractivity contribution is -0.734. The van der Waals surface area contributed by atoms with E-state index < -0.39 is 21.2 Å². The minimum atomic E-state index is -3.13. The smallest absolute Gasteiger partial charge is 0.305 e. The Hall–Kier alpha value is -1.41. The Morgan fingerprint density at radius 3 is 2.70 bits per heavy atom. The zero-order chi connectivity index (χ0) is 15.3. The molecule has 0 spiro atoms. The molecular weight excluding hydrogens is 282 g/mol. The Morgan fingerprint density at radius 2 is 2.20 bits per heavy atom. The highest BCUT2D eigenvalue weighted by Gasteiger charge is 2.24. The Labute approximate surface area is 119 Å². The van der Waals surface area contributed by atoms with E-state index in [9.17, 15) is 8.42 Å². The summed E-state index contributed by atoms with van der Waals surface area (Å²) >= 11 is 0. The molecule has 0 saturated heterocycles. The van der Waals surface area contributed by atoms with Crippen molar-refractivity contribution in [1.82, 2.24) is 4.57 Å². The Bertz CT molecular complexity index is 565. The van der Waals surface area contributed by atoms with Gasteiger partial charge < -0.3 is 9.94 Å². The maximum atomic E-state index is 11.5. The van der Waals surface area contributed by atoms with Crippen LogP contribution in [0.4, 0.5) is 0 Å². The van der Waals surface area contributed by atoms with Crippen LogP contribution in [0.2, 0.25) is 0 Å². The van der Waals surface area contributed by atoms with Crippen LogP contribution in [-0.2, 0) is 27.8 Å². The van der Waals surface area contributed by atoms with Crippen LogP contribution in [0.5, 0.6) is 0 Å². The summed E-state index contributed by atoms with van der Waals surface area (Å²) in [5.41, 5.74) is 0. The van der Waals surface area contributed by atoms with E-state index in [1.807, 2.05) is 17.7 Å². The molecule has 0 radical (unpaired) electrons. The summed E-state index contributed by atoms with van der Waals surface area (Å²) in [6.07, 6.45) is 5.71. The number of aryl methyl sites for hydroxylation is 1. The van der Waals surface area contributed by atoms with Crippen LogP contribution >= 0.6 is 0 Å². The van der Waals surface area contributed by atoms with Crippen molar-refractivity contribution in [3.8, 4) is 0 Å². The first kappa shape index (κ1) is 16.6. The number of nitrogens with zero attached hydrogens (tertiary/aromatic N) is 3. The molecule has 0 aromatic carbocycles. The van der Waals surface area contributed by atoms with Gasteiger partial charge in [0.15, 0.2) is 22.8 Å². The average Bonchev–Trinajstić information content (AvgIpc) is 2.76. The minimum absolute atomic E-state index is 0.190. The fourth-order valence-corrected chi connectivity index (χ4v) is 2.51. The third-order valence-corrected chi connectivity index (χ3v) is 5.08. The number of oxime groups is 1. The Morgan fingerprint density at radius 1 is 1.55 bits per heavy atom. The third kappa shape index (κ3) is 4.04.